The van der Waals surface area contributed by atoms with Gasteiger partial charge in [0.15, 0.2) is 0 Å². The van der Waals surface area contributed by atoms with Gasteiger partial charge in [-0.25, -0.2) is 4.98 Å². The molecule has 0 N–H and O–H groups in total. The third-order valence-electron chi connectivity index (χ3n) is 2.55. The van der Waals surface area contributed by atoms with Crippen molar-refractivity contribution in [2.24, 2.45) is 0 Å². The second kappa shape index (κ2) is 3.05. The predicted octanol–water partition coefficient (Wildman–Crippen LogP) is 3.14. The van der Waals surface area contributed by atoms with Crippen LogP contribution in [0.2, 0.25) is 0 Å². The predicted molar refractivity (Wildman–Crippen MR) is 60.0 cm³/mol. The lowest BCUT2D eigenvalue weighted by Crippen LogP contribution is -2.12. The van der Waals surface area contributed by atoms with E-state index >= 15 is 0 Å². The molecule has 3 heteroatoms. The highest BCUT2D eigenvalue weighted by Gasteiger charge is 2.21. The molecule has 2 heterocycles. The van der Waals surface area contributed by atoms with Crippen molar-refractivity contribution in [3.05, 3.63) is 23.0 Å². The zero-order valence-electron chi connectivity index (χ0n) is 9.88. The van der Waals surface area contributed by atoms with Gasteiger partial charge < -0.3 is 4.52 Å². The zero-order valence-corrected chi connectivity index (χ0v) is 9.88. The second-order valence-electron chi connectivity index (χ2n) is 5.01. The van der Waals surface area contributed by atoms with E-state index < -0.39 is 0 Å². The Bertz CT molecular complexity index is 506. The smallest absolute Gasteiger partial charge is 0.258 e. The first-order valence-electron chi connectivity index (χ1n) is 5.13. The molecule has 0 radical (unpaired) electrons. The van der Waals surface area contributed by atoms with Gasteiger partial charge in [0.25, 0.3) is 5.71 Å². The number of pyridine rings is 1. The minimum Gasteiger partial charge on any atom is -0.336 e. The van der Waals surface area contributed by atoms with Crippen molar-refractivity contribution in [2.75, 3.05) is 0 Å². The zero-order chi connectivity index (χ0) is 11.2. The molecule has 0 aliphatic carbocycles. The van der Waals surface area contributed by atoms with Gasteiger partial charge in [0.05, 0.1) is 11.1 Å². The van der Waals surface area contributed by atoms with Crippen LogP contribution in [0.5, 0.6) is 0 Å². The first-order chi connectivity index (χ1) is 6.89. The van der Waals surface area contributed by atoms with E-state index in [2.05, 4.69) is 37.0 Å². The molecule has 2 aromatic rings. The third kappa shape index (κ3) is 1.62. The Balaban J connectivity index is 2.87. The Morgan fingerprint density at radius 3 is 2.47 bits per heavy atom. The first kappa shape index (κ1) is 10.1. The van der Waals surface area contributed by atoms with Crippen LogP contribution in [0.1, 0.15) is 37.7 Å². The first-order valence-corrected chi connectivity index (χ1v) is 5.13. The van der Waals surface area contributed by atoms with Gasteiger partial charge >= 0.3 is 0 Å². The number of rotatable bonds is 0. The molecule has 80 valence electrons. The van der Waals surface area contributed by atoms with Crippen LogP contribution in [0.25, 0.3) is 11.1 Å². The molecule has 0 atom stereocenters. The van der Waals surface area contributed by atoms with E-state index in [1.807, 2.05) is 13.8 Å². The molecule has 0 unspecified atom stereocenters. The highest BCUT2D eigenvalue weighted by molar-refractivity contribution is 5.81. The monoisotopic (exact) mass is 204 g/mol. The summed E-state index contributed by atoms with van der Waals surface area (Å²) in [5.41, 5.74) is 3.88. The molecule has 3 nitrogen and oxygen atoms in total. The molecule has 2 aromatic heterocycles. The summed E-state index contributed by atoms with van der Waals surface area (Å²) in [5, 5.41) is 5.04. The van der Waals surface area contributed by atoms with Crippen LogP contribution >= 0.6 is 0 Å². The maximum atomic E-state index is 5.20. The maximum absolute atomic E-state index is 5.20. The van der Waals surface area contributed by atoms with Crippen LogP contribution in [0, 0.1) is 13.8 Å². The molecule has 0 aromatic carbocycles. The van der Waals surface area contributed by atoms with Gasteiger partial charge in [-0.1, -0.05) is 25.9 Å². The van der Waals surface area contributed by atoms with E-state index in [0.717, 1.165) is 16.8 Å². The molecule has 2 rings (SSSR count). The van der Waals surface area contributed by atoms with Gasteiger partial charge in [-0.2, -0.15) is 0 Å². The fourth-order valence-corrected chi connectivity index (χ4v) is 1.81. The van der Waals surface area contributed by atoms with E-state index in [4.69, 9.17) is 4.52 Å². The lowest BCUT2D eigenvalue weighted by atomic mass is 9.85. The average molecular weight is 204 g/mol. The van der Waals surface area contributed by atoms with Gasteiger partial charge in [0, 0.05) is 5.69 Å². The summed E-state index contributed by atoms with van der Waals surface area (Å²) in [6, 6.07) is 2.12. The molecule has 0 aliphatic heterocycles. The van der Waals surface area contributed by atoms with Crippen LogP contribution in [-0.4, -0.2) is 10.1 Å². The third-order valence-corrected chi connectivity index (χ3v) is 2.55. The molecular weight excluding hydrogens is 188 g/mol. The minimum absolute atomic E-state index is 0.0856. The summed E-state index contributed by atoms with van der Waals surface area (Å²) >= 11 is 0. The summed E-state index contributed by atoms with van der Waals surface area (Å²) < 4.78 is 5.20. The number of hydrogen-bond acceptors (Lipinski definition) is 3. The number of aryl methyl sites for hydroxylation is 2. The van der Waals surface area contributed by atoms with Crippen molar-refractivity contribution in [1.82, 2.24) is 10.1 Å². The van der Waals surface area contributed by atoms with Gasteiger partial charge in [0.2, 0.25) is 0 Å². The Morgan fingerprint density at radius 1 is 1.20 bits per heavy atom. The van der Waals surface area contributed by atoms with Crippen LogP contribution < -0.4 is 0 Å². The van der Waals surface area contributed by atoms with Crippen LogP contribution in [-0.2, 0) is 5.41 Å². The van der Waals surface area contributed by atoms with Crippen molar-refractivity contribution in [3.8, 4) is 0 Å². The van der Waals surface area contributed by atoms with Gasteiger partial charge in [-0.15, -0.1) is 0 Å². The topological polar surface area (TPSA) is 38.9 Å². The van der Waals surface area contributed by atoms with Crippen LogP contribution in [0.15, 0.2) is 10.6 Å². The Labute approximate surface area is 89.5 Å². The van der Waals surface area contributed by atoms with E-state index in [9.17, 15) is 0 Å². The summed E-state index contributed by atoms with van der Waals surface area (Å²) in [4.78, 5) is 4.34. The van der Waals surface area contributed by atoms with Crippen molar-refractivity contribution >= 4 is 11.1 Å². The maximum Gasteiger partial charge on any atom is 0.258 e. The Kier molecular flexibility index (Phi) is 2.07. The summed E-state index contributed by atoms with van der Waals surface area (Å²) in [7, 11) is 0. The molecule has 15 heavy (non-hydrogen) atoms. The van der Waals surface area contributed by atoms with E-state index in [-0.39, 0.29) is 5.41 Å². The summed E-state index contributed by atoms with van der Waals surface area (Å²) in [5.74, 6) is 0. The molecule has 0 saturated carbocycles. The van der Waals surface area contributed by atoms with Crippen LogP contribution in [0.4, 0.5) is 0 Å². The van der Waals surface area contributed by atoms with Crippen molar-refractivity contribution in [3.63, 3.8) is 0 Å². The summed E-state index contributed by atoms with van der Waals surface area (Å²) in [6.45, 7) is 10.5. The molecule has 0 aliphatic rings. The SMILES string of the molecule is Cc1cc(C(C)(C)C)c2c(C)noc2n1. The van der Waals surface area contributed by atoms with Crippen molar-refractivity contribution in [2.45, 2.75) is 40.0 Å². The molecule has 0 spiro atoms. The second-order valence-corrected chi connectivity index (χ2v) is 5.01. The molecular formula is C12H16N2O. The standard InChI is InChI=1S/C12H16N2O/c1-7-6-9(12(3,4)5)10-8(2)14-15-11(10)13-7/h6H,1-5H3. The highest BCUT2D eigenvalue weighted by Crippen LogP contribution is 2.31. The van der Waals surface area contributed by atoms with Gasteiger partial charge in [-0.05, 0) is 30.9 Å². The number of nitrogens with zero attached hydrogens (tertiary/aromatic N) is 2. The number of hydrogen-bond donors (Lipinski definition) is 0. The minimum atomic E-state index is 0.0856. The van der Waals surface area contributed by atoms with E-state index in [0.29, 0.717) is 5.71 Å². The quantitative estimate of drug-likeness (QED) is 0.661. The van der Waals surface area contributed by atoms with Crippen LogP contribution in [0.3, 0.4) is 0 Å². The summed E-state index contributed by atoms with van der Waals surface area (Å²) in [6.07, 6.45) is 0. The highest BCUT2D eigenvalue weighted by atomic mass is 16.5. The fraction of sp³-hybridized carbons (Fsp3) is 0.500. The lowest BCUT2D eigenvalue weighted by molar-refractivity contribution is 0.442. The molecule has 0 bridgehead atoms. The number of aromatic nitrogens is 2. The average Bonchev–Trinajstić information content (AvgIpc) is 2.44. The lowest BCUT2D eigenvalue weighted by Gasteiger charge is -2.20. The van der Waals surface area contributed by atoms with Crippen molar-refractivity contribution < 1.29 is 4.52 Å². The van der Waals surface area contributed by atoms with E-state index in [1.54, 1.807) is 0 Å². The fourth-order valence-electron chi connectivity index (χ4n) is 1.81. The number of fused-ring (bicyclic) bond motifs is 1. The normalized spacial score (nSPS) is 12.3. The molecule has 0 fully saturated rings. The largest absolute Gasteiger partial charge is 0.336 e. The molecule has 0 saturated heterocycles. The Morgan fingerprint density at radius 2 is 1.87 bits per heavy atom. The van der Waals surface area contributed by atoms with Gasteiger partial charge in [-0.3, -0.25) is 0 Å². The van der Waals surface area contributed by atoms with Crippen molar-refractivity contribution in [1.29, 1.82) is 0 Å². The van der Waals surface area contributed by atoms with Gasteiger partial charge in [0.1, 0.15) is 0 Å². The molecule has 0 amide bonds. The Hall–Kier alpha value is -1.38. The van der Waals surface area contributed by atoms with E-state index in [1.165, 1.54) is 5.56 Å².